The zero-order chi connectivity index (χ0) is 18.8. The molecular weight excluding hydrogens is 353 g/mol. The van der Waals surface area contributed by atoms with Crippen molar-refractivity contribution in [3.63, 3.8) is 0 Å². The van der Waals surface area contributed by atoms with E-state index in [-0.39, 0.29) is 29.7 Å². The molecule has 0 saturated carbocycles. The topological polar surface area (TPSA) is 112 Å². The maximum Gasteiger partial charge on any atom is 0.355 e. The van der Waals surface area contributed by atoms with E-state index in [9.17, 15) is 14.5 Å². The molecule has 1 N–H and O–H groups in total. The van der Waals surface area contributed by atoms with Crippen molar-refractivity contribution in [1.29, 1.82) is 0 Å². The fourth-order valence-corrected chi connectivity index (χ4v) is 2.64. The third-order valence-corrected chi connectivity index (χ3v) is 3.91. The summed E-state index contributed by atoms with van der Waals surface area (Å²) in [5.41, 5.74) is 1.60. The predicted octanol–water partition coefficient (Wildman–Crippen LogP) is 2.87. The summed E-state index contributed by atoms with van der Waals surface area (Å²) < 4.78 is 14.3. The third-order valence-electron chi connectivity index (χ3n) is 3.91. The van der Waals surface area contributed by atoms with Crippen LogP contribution in [0.15, 0.2) is 54.9 Å². The molecule has 0 fully saturated rings. The highest BCUT2D eigenvalue weighted by Gasteiger charge is 2.26. The Bertz CT molecular complexity index is 1130. The van der Waals surface area contributed by atoms with Crippen molar-refractivity contribution in [3.8, 4) is 5.82 Å². The lowest BCUT2D eigenvalue weighted by Crippen LogP contribution is -2.10. The van der Waals surface area contributed by atoms with E-state index >= 15 is 0 Å². The van der Waals surface area contributed by atoms with Gasteiger partial charge in [-0.05, 0) is 29.8 Å². The average Bonchev–Trinajstić information content (AvgIpc) is 3.11. The summed E-state index contributed by atoms with van der Waals surface area (Å²) in [6, 6.07) is 12.9. The molecule has 2 aromatic carbocycles. The van der Waals surface area contributed by atoms with Crippen LogP contribution in [-0.4, -0.2) is 29.9 Å². The van der Waals surface area contributed by atoms with Gasteiger partial charge < -0.3 is 5.32 Å². The lowest BCUT2D eigenvalue weighted by Gasteiger charge is -2.09. The predicted molar refractivity (Wildman–Crippen MR) is 94.8 cm³/mol. The summed E-state index contributed by atoms with van der Waals surface area (Å²) in [5.74, 6) is -0.314. The van der Waals surface area contributed by atoms with Crippen molar-refractivity contribution in [2.75, 3.05) is 5.32 Å². The van der Waals surface area contributed by atoms with Crippen LogP contribution in [0.1, 0.15) is 5.56 Å². The van der Waals surface area contributed by atoms with Crippen molar-refractivity contribution in [2.24, 2.45) is 0 Å². The molecule has 4 aromatic rings. The molecule has 0 radical (unpaired) electrons. The molecule has 2 heterocycles. The Hall–Kier alpha value is -3.95. The second kappa shape index (κ2) is 6.75. The van der Waals surface area contributed by atoms with E-state index in [1.165, 1.54) is 23.1 Å². The van der Waals surface area contributed by atoms with Crippen LogP contribution in [0.3, 0.4) is 0 Å². The Morgan fingerprint density at radius 3 is 2.67 bits per heavy atom. The molecule has 0 amide bonds. The van der Waals surface area contributed by atoms with Gasteiger partial charge in [0.1, 0.15) is 17.7 Å². The molecule has 0 aliphatic heterocycles. The van der Waals surface area contributed by atoms with Crippen LogP contribution in [-0.2, 0) is 6.54 Å². The SMILES string of the molecule is O=[N+]([O-])c1c(NCc2ccc(F)cc2)ncnc1-n1nnc2ccccc21. The van der Waals surface area contributed by atoms with Crippen LogP contribution in [0.5, 0.6) is 0 Å². The van der Waals surface area contributed by atoms with Crippen molar-refractivity contribution < 1.29 is 9.31 Å². The zero-order valence-electron chi connectivity index (χ0n) is 13.8. The van der Waals surface area contributed by atoms with Gasteiger partial charge in [-0.15, -0.1) is 5.10 Å². The van der Waals surface area contributed by atoms with E-state index in [0.29, 0.717) is 11.0 Å². The van der Waals surface area contributed by atoms with Gasteiger partial charge in [-0.2, -0.15) is 4.68 Å². The van der Waals surface area contributed by atoms with E-state index in [1.54, 1.807) is 36.4 Å². The number of halogens is 1. The number of nitro groups is 1. The first-order valence-electron chi connectivity index (χ1n) is 7.92. The number of nitrogens with one attached hydrogen (secondary N) is 1. The first-order valence-corrected chi connectivity index (χ1v) is 7.92. The molecule has 134 valence electrons. The monoisotopic (exact) mass is 365 g/mol. The summed E-state index contributed by atoms with van der Waals surface area (Å²) in [6.45, 7) is 0.232. The number of anilines is 1. The van der Waals surface area contributed by atoms with Gasteiger partial charge in [0.2, 0.25) is 11.6 Å². The number of nitrogens with zero attached hydrogens (tertiary/aromatic N) is 6. The standard InChI is InChI=1S/C17H12FN7O2/c18-12-7-5-11(6-8-12)9-19-16-15(25(26)27)17(21-10-20-16)24-14-4-2-1-3-13(14)22-23-24/h1-8,10H,9H2,(H,19,20,21). The number of rotatable bonds is 5. The van der Waals surface area contributed by atoms with Crippen molar-refractivity contribution in [3.05, 3.63) is 76.4 Å². The van der Waals surface area contributed by atoms with Gasteiger partial charge in [0.05, 0.1) is 10.4 Å². The molecule has 4 rings (SSSR count). The minimum absolute atomic E-state index is 0.00491. The van der Waals surface area contributed by atoms with Crippen LogP contribution in [0.2, 0.25) is 0 Å². The van der Waals surface area contributed by atoms with Gasteiger partial charge in [-0.3, -0.25) is 10.1 Å². The lowest BCUT2D eigenvalue weighted by molar-refractivity contribution is -0.384. The molecule has 0 spiro atoms. The molecule has 0 saturated heterocycles. The molecular formula is C17H12FN7O2. The van der Waals surface area contributed by atoms with E-state index in [0.717, 1.165) is 5.56 Å². The second-order valence-corrected chi connectivity index (χ2v) is 5.62. The Kier molecular flexibility index (Phi) is 4.13. The molecule has 0 bridgehead atoms. The highest BCUT2D eigenvalue weighted by Crippen LogP contribution is 2.29. The van der Waals surface area contributed by atoms with E-state index < -0.39 is 4.92 Å². The molecule has 10 heteroatoms. The lowest BCUT2D eigenvalue weighted by atomic mass is 10.2. The summed E-state index contributed by atoms with van der Waals surface area (Å²) >= 11 is 0. The minimum Gasteiger partial charge on any atom is -0.360 e. The molecule has 0 aliphatic carbocycles. The third kappa shape index (κ3) is 3.15. The molecule has 0 unspecified atom stereocenters. The first-order chi connectivity index (χ1) is 13.1. The number of fused-ring (bicyclic) bond motifs is 1. The molecule has 27 heavy (non-hydrogen) atoms. The fourth-order valence-electron chi connectivity index (χ4n) is 2.64. The molecule has 2 aromatic heterocycles. The maximum atomic E-state index is 13.0. The number of benzene rings is 2. The van der Waals surface area contributed by atoms with Crippen LogP contribution >= 0.6 is 0 Å². The van der Waals surface area contributed by atoms with Gasteiger partial charge in [-0.1, -0.05) is 29.5 Å². The van der Waals surface area contributed by atoms with Gasteiger partial charge >= 0.3 is 5.69 Å². The van der Waals surface area contributed by atoms with Crippen molar-refractivity contribution >= 4 is 22.5 Å². The van der Waals surface area contributed by atoms with Crippen LogP contribution in [0.25, 0.3) is 16.9 Å². The molecule has 0 atom stereocenters. The highest BCUT2D eigenvalue weighted by molar-refractivity contribution is 5.77. The minimum atomic E-state index is -0.571. The van der Waals surface area contributed by atoms with E-state index in [1.807, 2.05) is 0 Å². The van der Waals surface area contributed by atoms with Crippen molar-refractivity contribution in [1.82, 2.24) is 25.0 Å². The summed E-state index contributed by atoms with van der Waals surface area (Å²) in [7, 11) is 0. The Balaban J connectivity index is 1.74. The smallest absolute Gasteiger partial charge is 0.355 e. The second-order valence-electron chi connectivity index (χ2n) is 5.62. The summed E-state index contributed by atoms with van der Waals surface area (Å²) in [4.78, 5) is 19.2. The highest BCUT2D eigenvalue weighted by atomic mass is 19.1. The number of para-hydroxylation sites is 1. The Morgan fingerprint density at radius 2 is 1.89 bits per heavy atom. The maximum absolute atomic E-state index is 13.0. The molecule has 9 nitrogen and oxygen atoms in total. The van der Waals surface area contributed by atoms with Crippen LogP contribution in [0, 0.1) is 15.9 Å². The van der Waals surface area contributed by atoms with Crippen molar-refractivity contribution in [2.45, 2.75) is 6.54 Å². The fraction of sp³-hybridized carbons (Fsp3) is 0.0588. The summed E-state index contributed by atoms with van der Waals surface area (Å²) in [6.07, 6.45) is 1.21. The average molecular weight is 365 g/mol. The largest absolute Gasteiger partial charge is 0.360 e. The quantitative estimate of drug-likeness (QED) is 0.427. The van der Waals surface area contributed by atoms with Crippen LogP contribution in [0.4, 0.5) is 15.9 Å². The van der Waals surface area contributed by atoms with E-state index in [2.05, 4.69) is 25.6 Å². The Labute approximate surface area is 151 Å². The number of hydrogen-bond acceptors (Lipinski definition) is 7. The Morgan fingerprint density at radius 1 is 1.11 bits per heavy atom. The van der Waals surface area contributed by atoms with Gasteiger partial charge in [0.15, 0.2) is 0 Å². The normalized spacial score (nSPS) is 10.9. The first kappa shape index (κ1) is 16.5. The number of hydrogen-bond donors (Lipinski definition) is 1. The van der Waals surface area contributed by atoms with E-state index in [4.69, 9.17) is 0 Å². The number of aromatic nitrogens is 5. The molecule has 0 aliphatic rings. The van der Waals surface area contributed by atoms with Gasteiger partial charge in [0, 0.05) is 6.54 Å². The van der Waals surface area contributed by atoms with Gasteiger partial charge in [-0.25, -0.2) is 14.4 Å². The summed E-state index contributed by atoms with van der Waals surface area (Å²) in [5, 5.41) is 22.6. The van der Waals surface area contributed by atoms with Gasteiger partial charge in [0.25, 0.3) is 0 Å². The van der Waals surface area contributed by atoms with Crippen LogP contribution < -0.4 is 5.32 Å². The zero-order valence-corrected chi connectivity index (χ0v) is 13.8.